The van der Waals surface area contributed by atoms with Crippen LogP contribution >= 0.6 is 0 Å². The van der Waals surface area contributed by atoms with Crippen molar-refractivity contribution in [3.8, 4) is 0 Å². The Hall–Kier alpha value is -1.95. The summed E-state index contributed by atoms with van der Waals surface area (Å²) in [6.07, 6.45) is 3.31. The van der Waals surface area contributed by atoms with Gasteiger partial charge in [0, 0.05) is 39.6 Å². The number of aromatic nitrogens is 3. The molecule has 1 aromatic heterocycles. The molecule has 3 atom stereocenters. The Kier molecular flexibility index (Phi) is 26.5. The molecule has 1 aromatic rings. The zero-order valence-corrected chi connectivity index (χ0v) is 30.3. The van der Waals surface area contributed by atoms with Crippen LogP contribution in [0.25, 0.3) is 0 Å². The summed E-state index contributed by atoms with van der Waals surface area (Å²) >= 11 is 0. The first-order valence-corrected chi connectivity index (χ1v) is 18.1. The standard InChI is InChI=1S/C33H66N6O9/c1-7-13-19-43-28(44-20-14-8-2)25(40)34-31-37-32(35-26(41)29(45-21-15-9-3)46-22-16-10-4)39-33(38-31)36-27(42)30(47-23-17-11-5)48-24-18-12-6/h25-30,40-42H,7-24H2,1-6H3,(H3,34,35,36,37,38,39). The van der Waals surface area contributed by atoms with E-state index in [2.05, 4.69) is 30.9 Å². The summed E-state index contributed by atoms with van der Waals surface area (Å²) < 4.78 is 34.9. The summed E-state index contributed by atoms with van der Waals surface area (Å²) in [7, 11) is 0. The van der Waals surface area contributed by atoms with Gasteiger partial charge in [0.05, 0.1) is 0 Å². The highest BCUT2D eigenvalue weighted by Gasteiger charge is 2.26. The van der Waals surface area contributed by atoms with E-state index in [9.17, 15) is 15.3 Å². The maximum Gasteiger partial charge on any atom is 0.231 e. The number of nitrogens with zero attached hydrogens (tertiary/aromatic N) is 3. The van der Waals surface area contributed by atoms with Crippen LogP contribution in [0.5, 0.6) is 0 Å². The number of anilines is 3. The summed E-state index contributed by atoms with van der Waals surface area (Å²) in [4.78, 5) is 13.1. The van der Waals surface area contributed by atoms with Crippen molar-refractivity contribution in [3.05, 3.63) is 0 Å². The predicted molar refractivity (Wildman–Crippen MR) is 185 cm³/mol. The second-order valence-electron chi connectivity index (χ2n) is 11.5. The van der Waals surface area contributed by atoms with E-state index >= 15 is 0 Å². The first-order valence-electron chi connectivity index (χ1n) is 18.1. The molecule has 282 valence electrons. The van der Waals surface area contributed by atoms with Crippen molar-refractivity contribution in [2.24, 2.45) is 0 Å². The second-order valence-corrected chi connectivity index (χ2v) is 11.5. The number of rotatable bonds is 33. The van der Waals surface area contributed by atoms with Gasteiger partial charge in [0.1, 0.15) is 0 Å². The Morgan fingerprint density at radius 2 is 0.583 bits per heavy atom. The van der Waals surface area contributed by atoms with E-state index in [4.69, 9.17) is 28.4 Å². The highest BCUT2D eigenvalue weighted by molar-refractivity contribution is 5.43. The monoisotopic (exact) mass is 690 g/mol. The van der Waals surface area contributed by atoms with Gasteiger partial charge in [0.15, 0.2) is 18.7 Å². The average Bonchev–Trinajstić information content (AvgIpc) is 3.06. The summed E-state index contributed by atoms with van der Waals surface area (Å²) in [5.74, 6) is -0.220. The molecule has 0 aliphatic heterocycles. The van der Waals surface area contributed by atoms with Crippen LogP contribution in [0.3, 0.4) is 0 Å². The molecule has 0 aliphatic rings. The van der Waals surface area contributed by atoms with Crippen LogP contribution in [-0.2, 0) is 28.4 Å². The molecular formula is C33H66N6O9. The fraction of sp³-hybridized carbons (Fsp3) is 0.909. The Labute approximate surface area is 288 Å². The van der Waals surface area contributed by atoms with Crippen LogP contribution in [0.1, 0.15) is 119 Å². The molecule has 0 radical (unpaired) electrons. The maximum absolute atomic E-state index is 11.1. The van der Waals surface area contributed by atoms with Crippen LogP contribution in [0.4, 0.5) is 17.8 Å². The highest BCUT2D eigenvalue weighted by Crippen LogP contribution is 2.17. The third kappa shape index (κ3) is 19.9. The molecule has 1 rings (SSSR count). The predicted octanol–water partition coefficient (Wildman–Crippen LogP) is 4.94. The largest absolute Gasteiger partial charge is 0.369 e. The van der Waals surface area contributed by atoms with Crippen molar-refractivity contribution < 1.29 is 43.7 Å². The van der Waals surface area contributed by atoms with Gasteiger partial charge in [-0.1, -0.05) is 80.1 Å². The van der Waals surface area contributed by atoms with Gasteiger partial charge in [-0.25, -0.2) is 0 Å². The summed E-state index contributed by atoms with van der Waals surface area (Å²) in [5.41, 5.74) is 0. The summed E-state index contributed by atoms with van der Waals surface area (Å²) in [6, 6.07) is 0. The maximum atomic E-state index is 11.1. The van der Waals surface area contributed by atoms with Crippen molar-refractivity contribution in [2.45, 2.75) is 156 Å². The molecule has 0 amide bonds. The molecular weight excluding hydrogens is 624 g/mol. The molecule has 48 heavy (non-hydrogen) atoms. The molecule has 0 saturated carbocycles. The van der Waals surface area contributed by atoms with Gasteiger partial charge in [-0.3, -0.25) is 0 Å². The molecule has 15 heteroatoms. The molecule has 0 aromatic carbocycles. The topological polar surface area (TPSA) is 191 Å². The van der Waals surface area contributed by atoms with Gasteiger partial charge in [0.25, 0.3) is 0 Å². The van der Waals surface area contributed by atoms with E-state index in [1.807, 2.05) is 41.5 Å². The lowest BCUT2D eigenvalue weighted by Crippen LogP contribution is -2.41. The zero-order valence-electron chi connectivity index (χ0n) is 30.3. The van der Waals surface area contributed by atoms with E-state index in [0.717, 1.165) is 77.0 Å². The Bertz CT molecular complexity index is 742. The molecule has 0 saturated heterocycles. The van der Waals surface area contributed by atoms with Crippen LogP contribution in [-0.4, -0.2) is 107 Å². The molecule has 15 nitrogen and oxygen atoms in total. The molecule has 6 N–H and O–H groups in total. The molecule has 3 unspecified atom stereocenters. The number of hydrogen-bond acceptors (Lipinski definition) is 15. The Balaban J connectivity index is 3.32. The minimum absolute atomic E-state index is 0.0733. The zero-order chi connectivity index (χ0) is 35.4. The van der Waals surface area contributed by atoms with Gasteiger partial charge < -0.3 is 59.7 Å². The molecule has 0 fully saturated rings. The Morgan fingerprint density at radius 3 is 0.750 bits per heavy atom. The molecule has 1 heterocycles. The number of aliphatic hydroxyl groups excluding tert-OH is 3. The van der Waals surface area contributed by atoms with Crippen LogP contribution in [0.2, 0.25) is 0 Å². The lowest BCUT2D eigenvalue weighted by molar-refractivity contribution is -0.188. The SMILES string of the molecule is CCCCOC(OCCCC)C(O)Nc1nc(NC(O)C(OCCCC)OCCCC)nc(NC(O)C(OCCCC)OCCCC)n1. The van der Waals surface area contributed by atoms with Gasteiger partial charge in [-0.2, -0.15) is 15.0 Å². The van der Waals surface area contributed by atoms with Crippen LogP contribution < -0.4 is 16.0 Å². The average molecular weight is 691 g/mol. The van der Waals surface area contributed by atoms with Crippen molar-refractivity contribution >= 4 is 17.8 Å². The minimum atomic E-state index is -1.35. The van der Waals surface area contributed by atoms with E-state index in [1.54, 1.807) is 0 Å². The molecule has 0 aliphatic carbocycles. The number of nitrogens with one attached hydrogen (secondary N) is 3. The quantitative estimate of drug-likeness (QED) is 0.0429. The summed E-state index contributed by atoms with van der Waals surface area (Å²) in [5, 5.41) is 41.7. The van der Waals surface area contributed by atoms with E-state index < -0.39 is 37.6 Å². The highest BCUT2D eigenvalue weighted by atomic mass is 16.7. The van der Waals surface area contributed by atoms with Gasteiger partial charge >= 0.3 is 0 Å². The molecule has 0 bridgehead atoms. The smallest absolute Gasteiger partial charge is 0.231 e. The molecule has 0 spiro atoms. The van der Waals surface area contributed by atoms with Crippen molar-refractivity contribution in [1.29, 1.82) is 0 Å². The Morgan fingerprint density at radius 1 is 0.396 bits per heavy atom. The fourth-order valence-corrected chi connectivity index (χ4v) is 3.92. The van der Waals surface area contributed by atoms with E-state index in [0.29, 0.717) is 39.6 Å². The lowest BCUT2D eigenvalue weighted by atomic mass is 10.3. The first-order chi connectivity index (χ1) is 23.3. The summed E-state index contributed by atoms with van der Waals surface area (Å²) in [6.45, 7) is 14.7. The third-order valence-electron chi connectivity index (χ3n) is 6.92. The van der Waals surface area contributed by atoms with Crippen molar-refractivity contribution in [2.75, 3.05) is 55.6 Å². The van der Waals surface area contributed by atoms with Gasteiger partial charge in [-0.15, -0.1) is 0 Å². The van der Waals surface area contributed by atoms with Gasteiger partial charge in [-0.05, 0) is 38.5 Å². The van der Waals surface area contributed by atoms with Gasteiger partial charge in [0.2, 0.25) is 36.7 Å². The number of hydrogen-bond donors (Lipinski definition) is 6. The van der Waals surface area contributed by atoms with E-state index in [-0.39, 0.29) is 17.8 Å². The fourth-order valence-electron chi connectivity index (χ4n) is 3.92. The lowest BCUT2D eigenvalue weighted by Gasteiger charge is -2.27. The second kappa shape index (κ2) is 28.8. The van der Waals surface area contributed by atoms with E-state index in [1.165, 1.54) is 0 Å². The van der Waals surface area contributed by atoms with Crippen molar-refractivity contribution in [3.63, 3.8) is 0 Å². The number of ether oxygens (including phenoxy) is 6. The third-order valence-corrected chi connectivity index (χ3v) is 6.92. The normalized spacial score (nSPS) is 13.8. The van der Waals surface area contributed by atoms with Crippen LogP contribution in [0.15, 0.2) is 0 Å². The number of unbranched alkanes of at least 4 members (excludes halogenated alkanes) is 6. The van der Waals surface area contributed by atoms with Crippen LogP contribution in [0, 0.1) is 0 Å². The van der Waals surface area contributed by atoms with Crippen molar-refractivity contribution in [1.82, 2.24) is 15.0 Å². The first kappa shape index (κ1) is 44.1. The minimum Gasteiger partial charge on any atom is -0.369 e. The number of aliphatic hydroxyl groups is 3.